The fraction of sp³-hybridized carbons (Fsp3) is 0.455. The molecule has 0 amide bonds. The van der Waals surface area contributed by atoms with Crippen molar-refractivity contribution in [3.8, 4) is 0 Å². The molecule has 0 saturated carbocycles. The Morgan fingerprint density at radius 2 is 1.62 bits per heavy atom. The predicted octanol–water partition coefficient (Wildman–Crippen LogP) is 4.49. The Hall–Kier alpha value is -1.83. The molecular formula is C22H28BNO4S. The third-order valence-corrected chi connectivity index (χ3v) is 8.94. The van der Waals surface area contributed by atoms with E-state index in [1.807, 2.05) is 71.0 Å². The van der Waals surface area contributed by atoms with Gasteiger partial charge in [-0.3, -0.25) is 0 Å². The molecule has 1 fully saturated rings. The lowest BCUT2D eigenvalue weighted by molar-refractivity contribution is 0.00578. The Bertz CT molecular complexity index is 1130. The molecule has 1 aliphatic heterocycles. The van der Waals surface area contributed by atoms with Crippen LogP contribution in [0.15, 0.2) is 59.7 Å². The summed E-state index contributed by atoms with van der Waals surface area (Å²) in [5.41, 5.74) is 1.70. The third-order valence-electron chi connectivity index (χ3n) is 6.64. The largest absolute Gasteiger partial charge is 0.494 e. The lowest BCUT2D eigenvalue weighted by atomic mass is 9.71. The first kappa shape index (κ1) is 20.4. The standard InChI is InChI=1S/C22H28BNO4S/c1-16-15-22(6,13-11-18(16)23-27-20(2,3)21(4,5)28-23)29(25,26)24-14-12-17-9-7-8-10-19(17)24/h7-14H,15H2,1-6H3. The SMILES string of the molecule is CC1=C(B2OC(C)(C)C(C)(C)O2)C=CC(C)(S(=O)(=O)n2ccc3ccccc32)C1. The molecule has 1 saturated heterocycles. The number of aromatic nitrogens is 1. The van der Waals surface area contributed by atoms with E-state index in [0.717, 1.165) is 16.4 Å². The van der Waals surface area contributed by atoms with E-state index < -0.39 is 33.1 Å². The van der Waals surface area contributed by atoms with Crippen LogP contribution in [0.3, 0.4) is 0 Å². The quantitative estimate of drug-likeness (QED) is 0.696. The maximum absolute atomic E-state index is 13.6. The highest BCUT2D eigenvalue weighted by Gasteiger charge is 2.53. The van der Waals surface area contributed by atoms with Gasteiger partial charge in [0.1, 0.15) is 4.75 Å². The number of nitrogens with zero attached hydrogens (tertiary/aromatic N) is 1. The molecule has 1 aliphatic carbocycles. The molecule has 1 atom stereocenters. The minimum absolute atomic E-state index is 0.387. The zero-order valence-corrected chi connectivity index (χ0v) is 18.7. The van der Waals surface area contributed by atoms with Crippen LogP contribution in [0, 0.1) is 0 Å². The first-order valence-corrected chi connectivity index (χ1v) is 11.4. The molecule has 1 aromatic heterocycles. The van der Waals surface area contributed by atoms with E-state index in [1.54, 1.807) is 19.2 Å². The second kappa shape index (κ2) is 6.33. The van der Waals surface area contributed by atoms with Gasteiger partial charge in [-0.15, -0.1) is 0 Å². The lowest BCUT2D eigenvalue weighted by Gasteiger charge is -2.32. The van der Waals surface area contributed by atoms with Gasteiger partial charge in [0.25, 0.3) is 0 Å². The predicted molar refractivity (Wildman–Crippen MR) is 117 cm³/mol. The Morgan fingerprint density at radius 3 is 2.24 bits per heavy atom. The zero-order chi connectivity index (χ0) is 21.2. The van der Waals surface area contributed by atoms with Crippen molar-refractivity contribution in [1.29, 1.82) is 0 Å². The number of hydrogen-bond acceptors (Lipinski definition) is 4. The van der Waals surface area contributed by atoms with E-state index >= 15 is 0 Å². The van der Waals surface area contributed by atoms with Crippen molar-refractivity contribution in [2.75, 3.05) is 0 Å². The van der Waals surface area contributed by atoms with Gasteiger partial charge in [-0.05, 0) is 65.6 Å². The number of fused-ring (bicyclic) bond motifs is 1. The molecule has 1 aromatic carbocycles. The van der Waals surface area contributed by atoms with E-state index in [0.29, 0.717) is 11.9 Å². The molecule has 0 bridgehead atoms. The van der Waals surface area contributed by atoms with Gasteiger partial charge < -0.3 is 9.31 Å². The zero-order valence-electron chi connectivity index (χ0n) is 17.9. The van der Waals surface area contributed by atoms with Crippen LogP contribution >= 0.6 is 0 Å². The second-order valence-corrected chi connectivity index (χ2v) is 11.6. The number of allylic oxidation sites excluding steroid dienone is 3. The molecule has 2 aromatic rings. The molecule has 0 spiro atoms. The Morgan fingerprint density at radius 1 is 1.00 bits per heavy atom. The normalized spacial score (nSPS) is 26.5. The summed E-state index contributed by atoms with van der Waals surface area (Å²) in [6.45, 7) is 11.8. The first-order valence-electron chi connectivity index (χ1n) is 9.94. The van der Waals surface area contributed by atoms with Crippen molar-refractivity contribution < 1.29 is 17.7 Å². The molecule has 2 heterocycles. The number of hydrogen-bond donors (Lipinski definition) is 0. The van der Waals surface area contributed by atoms with Gasteiger partial charge in [0.05, 0.1) is 16.7 Å². The Labute approximate surface area is 173 Å². The smallest absolute Gasteiger partial charge is 0.399 e. The Balaban J connectivity index is 1.68. The van der Waals surface area contributed by atoms with Crippen LogP contribution in [0.25, 0.3) is 10.9 Å². The molecule has 4 rings (SSSR count). The van der Waals surface area contributed by atoms with Gasteiger partial charge in [-0.25, -0.2) is 12.4 Å². The van der Waals surface area contributed by atoms with Gasteiger partial charge in [0.2, 0.25) is 10.0 Å². The van der Waals surface area contributed by atoms with Crippen molar-refractivity contribution >= 4 is 28.0 Å². The highest BCUT2D eigenvalue weighted by atomic mass is 32.2. The first-order chi connectivity index (χ1) is 13.4. The molecule has 7 heteroatoms. The third kappa shape index (κ3) is 3.02. The number of benzene rings is 1. The van der Waals surface area contributed by atoms with Crippen LogP contribution in [-0.2, 0) is 19.3 Å². The highest BCUT2D eigenvalue weighted by Crippen LogP contribution is 2.42. The van der Waals surface area contributed by atoms with Crippen LogP contribution in [0.4, 0.5) is 0 Å². The fourth-order valence-corrected chi connectivity index (χ4v) is 5.75. The molecule has 29 heavy (non-hydrogen) atoms. The summed E-state index contributed by atoms with van der Waals surface area (Å²) in [5.74, 6) is 0. The van der Waals surface area contributed by atoms with Crippen molar-refractivity contribution in [3.05, 3.63) is 59.7 Å². The number of para-hydroxylation sites is 1. The van der Waals surface area contributed by atoms with Crippen LogP contribution in [0.2, 0.25) is 0 Å². The topological polar surface area (TPSA) is 57.5 Å². The maximum Gasteiger partial charge on any atom is 0.494 e. The summed E-state index contributed by atoms with van der Waals surface area (Å²) in [5, 5.41) is 0.907. The molecule has 5 nitrogen and oxygen atoms in total. The highest BCUT2D eigenvalue weighted by molar-refractivity contribution is 7.91. The van der Waals surface area contributed by atoms with Crippen LogP contribution in [-0.4, -0.2) is 35.5 Å². The van der Waals surface area contributed by atoms with Crippen molar-refractivity contribution in [2.24, 2.45) is 0 Å². The molecule has 1 unspecified atom stereocenters. The van der Waals surface area contributed by atoms with E-state index in [4.69, 9.17) is 9.31 Å². The average molecular weight is 413 g/mol. The minimum Gasteiger partial charge on any atom is -0.399 e. The minimum atomic E-state index is -3.66. The van der Waals surface area contributed by atoms with Crippen molar-refractivity contribution in [2.45, 2.75) is 63.9 Å². The summed E-state index contributed by atoms with van der Waals surface area (Å²) in [6.07, 6.45) is 5.67. The van der Waals surface area contributed by atoms with E-state index in [2.05, 4.69) is 0 Å². The van der Waals surface area contributed by atoms with Crippen LogP contribution in [0.5, 0.6) is 0 Å². The summed E-state index contributed by atoms with van der Waals surface area (Å²) in [4.78, 5) is 0. The summed E-state index contributed by atoms with van der Waals surface area (Å²) in [7, 11) is -4.15. The average Bonchev–Trinajstić information content (AvgIpc) is 3.13. The van der Waals surface area contributed by atoms with E-state index in [-0.39, 0.29) is 0 Å². The van der Waals surface area contributed by atoms with Gasteiger partial charge in [-0.2, -0.15) is 0 Å². The number of rotatable bonds is 3. The van der Waals surface area contributed by atoms with E-state index in [1.165, 1.54) is 3.97 Å². The fourth-order valence-electron chi connectivity index (χ4n) is 4.01. The molecule has 0 N–H and O–H groups in total. The summed E-state index contributed by atoms with van der Waals surface area (Å²) < 4.78 is 39.9. The summed E-state index contributed by atoms with van der Waals surface area (Å²) in [6, 6.07) is 9.35. The van der Waals surface area contributed by atoms with Gasteiger partial charge >= 0.3 is 7.12 Å². The van der Waals surface area contributed by atoms with Crippen LogP contribution in [0.1, 0.15) is 48.0 Å². The van der Waals surface area contributed by atoms with Gasteiger partial charge in [0, 0.05) is 11.6 Å². The second-order valence-electron chi connectivity index (χ2n) is 9.32. The monoisotopic (exact) mass is 413 g/mol. The lowest BCUT2D eigenvalue weighted by Crippen LogP contribution is -2.41. The molecule has 0 radical (unpaired) electrons. The molecule has 2 aliphatic rings. The van der Waals surface area contributed by atoms with Crippen LogP contribution < -0.4 is 0 Å². The van der Waals surface area contributed by atoms with Crippen molar-refractivity contribution in [3.63, 3.8) is 0 Å². The summed E-state index contributed by atoms with van der Waals surface area (Å²) >= 11 is 0. The van der Waals surface area contributed by atoms with E-state index in [9.17, 15) is 8.42 Å². The molecular weight excluding hydrogens is 385 g/mol. The van der Waals surface area contributed by atoms with Crippen molar-refractivity contribution in [1.82, 2.24) is 3.97 Å². The maximum atomic E-state index is 13.6. The Kier molecular flexibility index (Phi) is 4.47. The van der Waals surface area contributed by atoms with Gasteiger partial charge in [0.15, 0.2) is 0 Å². The van der Waals surface area contributed by atoms with Gasteiger partial charge in [-0.1, -0.05) is 35.9 Å². The molecule has 154 valence electrons.